The lowest BCUT2D eigenvalue weighted by molar-refractivity contribution is 0.0525. The van der Waals surface area contributed by atoms with Crippen LogP contribution in [0.5, 0.6) is 0 Å². The van der Waals surface area contributed by atoms with E-state index in [1.807, 2.05) is 0 Å². The smallest absolute Gasteiger partial charge is 0.328 e. The summed E-state index contributed by atoms with van der Waals surface area (Å²) in [5.74, 6) is -1.36. The summed E-state index contributed by atoms with van der Waals surface area (Å²) in [7, 11) is 0. The molecule has 0 saturated carbocycles. The van der Waals surface area contributed by atoms with Crippen LogP contribution in [-0.2, 0) is 9.47 Å². The molecule has 6 heteroatoms. The summed E-state index contributed by atoms with van der Waals surface area (Å²) in [6, 6.07) is 6.15. The van der Waals surface area contributed by atoms with Crippen molar-refractivity contribution in [1.82, 2.24) is 0 Å². The van der Waals surface area contributed by atoms with E-state index in [-0.39, 0.29) is 30.0 Å². The van der Waals surface area contributed by atoms with Gasteiger partial charge < -0.3 is 9.47 Å². The van der Waals surface area contributed by atoms with Crippen LogP contribution in [0.25, 0.3) is 20.8 Å². The topological polar surface area (TPSA) is 61.3 Å². The van der Waals surface area contributed by atoms with E-state index in [1.165, 1.54) is 12.1 Å². The van der Waals surface area contributed by atoms with Crippen molar-refractivity contribution < 1.29 is 19.1 Å². The average Bonchev–Trinajstić information content (AvgIpc) is 2.74. The van der Waals surface area contributed by atoms with Crippen molar-refractivity contribution >= 4 is 23.3 Å². The van der Waals surface area contributed by atoms with Gasteiger partial charge in [0.25, 0.3) is 0 Å². The van der Waals surface area contributed by atoms with Crippen LogP contribution in [0, 0.1) is 13.1 Å². The van der Waals surface area contributed by atoms with E-state index in [9.17, 15) is 9.59 Å². The van der Waals surface area contributed by atoms with Gasteiger partial charge in [-0.25, -0.2) is 19.3 Å². The van der Waals surface area contributed by atoms with Gasteiger partial charge in [0.1, 0.15) is 0 Å². The van der Waals surface area contributed by atoms with E-state index in [2.05, 4.69) is 9.69 Å². The zero-order chi connectivity index (χ0) is 17.7. The van der Waals surface area contributed by atoms with Crippen LogP contribution in [0.2, 0.25) is 0 Å². The highest BCUT2D eigenvalue weighted by Crippen LogP contribution is 2.43. The Morgan fingerprint density at radius 2 is 1.33 bits per heavy atom. The molecule has 0 heterocycles. The molecule has 0 spiro atoms. The molecule has 24 heavy (non-hydrogen) atoms. The van der Waals surface area contributed by atoms with Crippen molar-refractivity contribution in [1.29, 1.82) is 0 Å². The predicted octanol–water partition coefficient (Wildman–Crippen LogP) is 4.25. The van der Waals surface area contributed by atoms with Gasteiger partial charge in [-0.15, -0.1) is 0 Å². The fraction of sp³-hybridized carbons (Fsp3) is 0.222. The third-order valence-electron chi connectivity index (χ3n) is 3.34. The SMILES string of the molecule is [C-]#[N+]c1ccc2c(C(=O)OCC)c([N+]#[C-])c(C(=O)OCC)c-2cc1. The normalized spacial score (nSPS) is 9.83. The lowest BCUT2D eigenvalue weighted by Gasteiger charge is -2.02. The van der Waals surface area contributed by atoms with Crippen molar-refractivity contribution in [2.75, 3.05) is 13.2 Å². The van der Waals surface area contributed by atoms with Crippen LogP contribution in [0.1, 0.15) is 34.6 Å². The molecule has 0 aromatic carbocycles. The molecule has 0 aliphatic heterocycles. The molecule has 2 aliphatic rings. The molecule has 0 aromatic rings. The number of nitrogens with zero attached hydrogens (tertiary/aromatic N) is 2. The Morgan fingerprint density at radius 3 is 1.67 bits per heavy atom. The number of carbonyl (C=O) groups is 2. The molecule has 0 radical (unpaired) electrons. The third-order valence-corrected chi connectivity index (χ3v) is 3.34. The van der Waals surface area contributed by atoms with Gasteiger partial charge in [0.15, 0.2) is 5.69 Å². The Kier molecular flexibility index (Phi) is 5.13. The maximum absolute atomic E-state index is 12.3. The molecule has 120 valence electrons. The summed E-state index contributed by atoms with van der Waals surface area (Å²) in [6.45, 7) is 18.1. The van der Waals surface area contributed by atoms with Gasteiger partial charge in [0.05, 0.1) is 37.5 Å². The van der Waals surface area contributed by atoms with Crippen LogP contribution < -0.4 is 0 Å². The van der Waals surface area contributed by atoms with Crippen molar-refractivity contribution in [2.24, 2.45) is 0 Å². The first-order chi connectivity index (χ1) is 11.6. The molecule has 0 unspecified atom stereocenters. The second-order valence-corrected chi connectivity index (χ2v) is 4.68. The van der Waals surface area contributed by atoms with Crippen molar-refractivity contribution in [3.05, 3.63) is 58.2 Å². The lowest BCUT2D eigenvalue weighted by Crippen LogP contribution is -2.05. The summed E-state index contributed by atoms with van der Waals surface area (Å²) in [6.07, 6.45) is 0. The molecule has 0 amide bonds. The summed E-state index contributed by atoms with van der Waals surface area (Å²) in [5, 5.41) is 0. The summed E-state index contributed by atoms with van der Waals surface area (Å²) in [5.41, 5.74) is 1.08. The highest BCUT2D eigenvalue weighted by atomic mass is 16.5. The molecular weight excluding hydrogens is 308 g/mol. The van der Waals surface area contributed by atoms with E-state index in [4.69, 9.17) is 22.6 Å². The van der Waals surface area contributed by atoms with Crippen molar-refractivity contribution in [2.45, 2.75) is 13.8 Å². The second kappa shape index (κ2) is 7.26. The minimum atomic E-state index is -0.681. The number of hydrogen-bond acceptors (Lipinski definition) is 4. The highest BCUT2D eigenvalue weighted by molar-refractivity contribution is 6.16. The Bertz CT molecular complexity index is 803. The van der Waals surface area contributed by atoms with E-state index in [1.54, 1.807) is 26.0 Å². The van der Waals surface area contributed by atoms with Crippen molar-refractivity contribution in [3.8, 4) is 11.1 Å². The van der Waals surface area contributed by atoms with Gasteiger partial charge in [-0.3, -0.25) is 0 Å². The van der Waals surface area contributed by atoms with E-state index in [0.717, 1.165) is 0 Å². The second-order valence-electron chi connectivity index (χ2n) is 4.68. The van der Waals surface area contributed by atoms with Crippen LogP contribution in [-0.4, -0.2) is 25.2 Å². The van der Waals surface area contributed by atoms with Gasteiger partial charge in [-0.05, 0) is 25.0 Å². The third kappa shape index (κ3) is 2.90. The number of fused-ring (bicyclic) bond motifs is 1. The minimum absolute atomic E-state index is 0.0250. The van der Waals surface area contributed by atoms with Crippen molar-refractivity contribution in [3.63, 3.8) is 0 Å². The minimum Gasteiger partial charge on any atom is -0.463 e. The Labute approximate surface area is 139 Å². The van der Waals surface area contributed by atoms with Crippen LogP contribution in [0.4, 0.5) is 11.4 Å². The number of rotatable bonds is 4. The first-order valence-corrected chi connectivity index (χ1v) is 7.27. The number of hydrogen-bond donors (Lipinski definition) is 0. The van der Waals surface area contributed by atoms with Gasteiger partial charge in [-0.2, -0.15) is 0 Å². The monoisotopic (exact) mass is 322 g/mol. The van der Waals surface area contributed by atoms with Gasteiger partial charge in [0.2, 0.25) is 5.69 Å². The zero-order valence-electron chi connectivity index (χ0n) is 13.3. The first kappa shape index (κ1) is 17.0. The molecule has 2 aliphatic carbocycles. The summed E-state index contributed by atoms with van der Waals surface area (Å²) in [4.78, 5) is 31.3. The maximum Gasteiger partial charge on any atom is 0.328 e. The van der Waals surface area contributed by atoms with Crippen LogP contribution in [0.3, 0.4) is 0 Å². The van der Waals surface area contributed by atoms with E-state index >= 15 is 0 Å². The molecule has 6 nitrogen and oxygen atoms in total. The van der Waals surface area contributed by atoms with Crippen LogP contribution in [0.15, 0.2) is 24.3 Å². The Hall–Kier alpha value is -3.38. The summed E-state index contributed by atoms with van der Waals surface area (Å²) < 4.78 is 10.0. The molecule has 0 fully saturated rings. The standard InChI is InChI=1S/C18H14N2O4/c1-5-23-17(21)14-12-9-7-11(19-3)8-10-13(12)15(16(14)20-4)18(22)24-6-2/h7-10H,5-6H2,1-2H3. The highest BCUT2D eigenvalue weighted by Gasteiger charge is 2.32. The maximum atomic E-state index is 12.3. The molecule has 0 atom stereocenters. The largest absolute Gasteiger partial charge is 0.463 e. The Morgan fingerprint density at radius 1 is 0.875 bits per heavy atom. The number of esters is 2. The molecule has 2 rings (SSSR count). The molecular formula is C18H14N2O4. The van der Waals surface area contributed by atoms with Gasteiger partial charge >= 0.3 is 11.9 Å². The molecule has 0 saturated heterocycles. The quantitative estimate of drug-likeness (QED) is 0.624. The van der Waals surface area contributed by atoms with E-state index < -0.39 is 11.9 Å². The first-order valence-electron chi connectivity index (χ1n) is 7.27. The lowest BCUT2D eigenvalue weighted by atomic mass is 10.1. The Balaban J connectivity index is 2.85. The molecule has 0 aromatic heterocycles. The predicted molar refractivity (Wildman–Crippen MR) is 87.5 cm³/mol. The molecule has 0 bridgehead atoms. The fourth-order valence-electron chi connectivity index (χ4n) is 2.39. The summed E-state index contributed by atoms with van der Waals surface area (Å²) >= 11 is 0. The zero-order valence-corrected chi connectivity index (χ0v) is 13.3. The van der Waals surface area contributed by atoms with Gasteiger partial charge in [0, 0.05) is 0 Å². The van der Waals surface area contributed by atoms with E-state index in [0.29, 0.717) is 16.8 Å². The average molecular weight is 322 g/mol. The number of carbonyl (C=O) groups excluding carboxylic acids is 2. The van der Waals surface area contributed by atoms with Gasteiger partial charge in [-0.1, -0.05) is 24.3 Å². The number of ether oxygens (including phenoxy) is 2. The fourth-order valence-corrected chi connectivity index (χ4v) is 2.39. The van der Waals surface area contributed by atoms with Crippen LogP contribution >= 0.6 is 0 Å². The molecule has 0 N–H and O–H groups in total.